The van der Waals surface area contributed by atoms with Gasteiger partial charge in [-0.25, -0.2) is 9.07 Å². The summed E-state index contributed by atoms with van der Waals surface area (Å²) in [7, 11) is 0. The Kier molecular flexibility index (Phi) is 4.39. The van der Waals surface area contributed by atoms with Crippen molar-refractivity contribution in [3.63, 3.8) is 0 Å². The minimum atomic E-state index is -4.18. The largest absolute Gasteiger partial charge is 0.399 e. The second-order valence-corrected chi connectivity index (χ2v) is 4.54. The highest BCUT2D eigenvalue weighted by atomic mass is 19.4. The van der Waals surface area contributed by atoms with Crippen LogP contribution < -0.4 is 5.73 Å². The number of aromatic nitrogens is 4. The van der Waals surface area contributed by atoms with E-state index in [-0.39, 0.29) is 30.8 Å². The van der Waals surface area contributed by atoms with Gasteiger partial charge in [0.05, 0.1) is 5.56 Å². The monoisotopic (exact) mass is 303 g/mol. The molecule has 0 aliphatic rings. The molecule has 0 fully saturated rings. The van der Waals surface area contributed by atoms with Crippen molar-refractivity contribution in [3.8, 4) is 11.4 Å². The molecule has 0 aliphatic heterocycles. The van der Waals surface area contributed by atoms with Crippen LogP contribution in [0.3, 0.4) is 0 Å². The maximum atomic E-state index is 13.7. The van der Waals surface area contributed by atoms with E-state index in [0.29, 0.717) is 5.69 Å². The summed E-state index contributed by atoms with van der Waals surface area (Å²) in [5.74, 6) is -0.401. The molecule has 2 aromatic rings. The van der Waals surface area contributed by atoms with E-state index in [1.807, 2.05) is 0 Å². The molecule has 21 heavy (non-hydrogen) atoms. The Morgan fingerprint density at radius 2 is 1.95 bits per heavy atom. The van der Waals surface area contributed by atoms with E-state index in [9.17, 15) is 17.6 Å². The van der Waals surface area contributed by atoms with Crippen LogP contribution in [0, 0.1) is 5.82 Å². The summed E-state index contributed by atoms with van der Waals surface area (Å²) in [6.07, 6.45) is -4.84. The first kappa shape index (κ1) is 15.2. The summed E-state index contributed by atoms with van der Waals surface area (Å²) >= 11 is 0. The molecule has 0 bridgehead atoms. The van der Waals surface area contributed by atoms with E-state index in [1.54, 1.807) is 0 Å². The Bertz CT molecular complexity index is 608. The van der Waals surface area contributed by atoms with Crippen molar-refractivity contribution in [1.29, 1.82) is 0 Å². The van der Waals surface area contributed by atoms with Gasteiger partial charge in [0, 0.05) is 18.7 Å². The summed E-state index contributed by atoms with van der Waals surface area (Å²) in [6.45, 7) is 0.173. The average molecular weight is 303 g/mol. The Hall–Kier alpha value is -2.19. The van der Waals surface area contributed by atoms with Gasteiger partial charge in [-0.3, -0.25) is 0 Å². The second kappa shape index (κ2) is 6.06. The fourth-order valence-electron chi connectivity index (χ4n) is 1.85. The molecule has 0 unspecified atom stereocenters. The van der Waals surface area contributed by atoms with Gasteiger partial charge < -0.3 is 5.73 Å². The van der Waals surface area contributed by atoms with Crippen molar-refractivity contribution < 1.29 is 17.6 Å². The zero-order chi connectivity index (χ0) is 15.5. The minimum absolute atomic E-state index is 0.0395. The third-order valence-corrected chi connectivity index (χ3v) is 2.84. The fourth-order valence-corrected chi connectivity index (χ4v) is 1.85. The Balaban J connectivity index is 2.07. The van der Waals surface area contributed by atoms with Gasteiger partial charge in [-0.05, 0) is 41.5 Å². The number of tetrazole rings is 1. The predicted octanol–water partition coefficient (Wildman–Crippen LogP) is 2.79. The van der Waals surface area contributed by atoms with Crippen LogP contribution in [0.4, 0.5) is 23.2 Å². The van der Waals surface area contributed by atoms with Crippen molar-refractivity contribution in [2.75, 3.05) is 5.73 Å². The van der Waals surface area contributed by atoms with Crippen molar-refractivity contribution >= 4 is 5.69 Å². The molecular weight excluding hydrogens is 290 g/mol. The summed E-state index contributed by atoms with van der Waals surface area (Å²) in [6, 6.07) is 3.97. The summed E-state index contributed by atoms with van der Waals surface area (Å²) in [4.78, 5) is 0. The van der Waals surface area contributed by atoms with Crippen LogP contribution in [-0.4, -0.2) is 26.4 Å². The highest BCUT2D eigenvalue weighted by Crippen LogP contribution is 2.24. The van der Waals surface area contributed by atoms with Crippen molar-refractivity contribution in [3.05, 3.63) is 24.0 Å². The molecule has 0 atom stereocenters. The molecule has 114 valence electrons. The van der Waals surface area contributed by atoms with Crippen LogP contribution in [0.1, 0.15) is 19.3 Å². The van der Waals surface area contributed by atoms with Crippen molar-refractivity contribution in [2.45, 2.75) is 32.0 Å². The fraction of sp³-hybridized carbons (Fsp3) is 0.417. The lowest BCUT2D eigenvalue weighted by Gasteiger charge is -2.07. The van der Waals surface area contributed by atoms with E-state index in [1.165, 1.54) is 22.9 Å². The Labute approximate surface area is 117 Å². The number of nitrogens with two attached hydrogens (primary N) is 1. The number of anilines is 1. The van der Waals surface area contributed by atoms with Gasteiger partial charge in [0.15, 0.2) is 5.82 Å². The van der Waals surface area contributed by atoms with Crippen molar-refractivity contribution in [2.24, 2.45) is 0 Å². The molecule has 1 aromatic carbocycles. The number of alkyl halides is 3. The second-order valence-electron chi connectivity index (χ2n) is 4.54. The van der Waals surface area contributed by atoms with Crippen LogP contribution in [0.5, 0.6) is 0 Å². The van der Waals surface area contributed by atoms with Gasteiger partial charge in [0.2, 0.25) is 0 Å². The molecule has 1 aromatic heterocycles. The topological polar surface area (TPSA) is 69.6 Å². The van der Waals surface area contributed by atoms with Crippen LogP contribution in [0.25, 0.3) is 11.4 Å². The summed E-state index contributed by atoms with van der Waals surface area (Å²) in [5, 5.41) is 10.8. The molecule has 0 aliphatic carbocycles. The highest BCUT2D eigenvalue weighted by Gasteiger charge is 2.26. The van der Waals surface area contributed by atoms with Gasteiger partial charge in [-0.2, -0.15) is 13.2 Å². The SMILES string of the molecule is Nc1ccc(F)c(-c2nnnn2CCCCC(F)(F)F)c1. The van der Waals surface area contributed by atoms with Gasteiger partial charge in [0.1, 0.15) is 5.82 Å². The summed E-state index contributed by atoms with van der Waals surface area (Å²) in [5.41, 5.74) is 6.05. The lowest BCUT2D eigenvalue weighted by atomic mass is 10.1. The zero-order valence-electron chi connectivity index (χ0n) is 10.9. The molecule has 0 radical (unpaired) electrons. The number of rotatable bonds is 5. The third kappa shape index (κ3) is 4.14. The first-order valence-electron chi connectivity index (χ1n) is 6.25. The van der Waals surface area contributed by atoms with Crippen LogP contribution in [-0.2, 0) is 6.54 Å². The van der Waals surface area contributed by atoms with Crippen LogP contribution >= 0.6 is 0 Å². The first-order valence-corrected chi connectivity index (χ1v) is 6.25. The quantitative estimate of drug-likeness (QED) is 0.524. The first-order chi connectivity index (χ1) is 9.87. The summed E-state index contributed by atoms with van der Waals surface area (Å²) < 4.78 is 51.2. The molecule has 1 heterocycles. The van der Waals surface area contributed by atoms with E-state index in [4.69, 9.17) is 5.73 Å². The van der Waals surface area contributed by atoms with Gasteiger partial charge >= 0.3 is 6.18 Å². The molecule has 2 N–H and O–H groups in total. The highest BCUT2D eigenvalue weighted by molar-refractivity contribution is 5.61. The molecule has 0 spiro atoms. The molecule has 2 rings (SSSR count). The normalized spacial score (nSPS) is 11.8. The Morgan fingerprint density at radius 3 is 2.67 bits per heavy atom. The molecule has 0 amide bonds. The van der Waals surface area contributed by atoms with E-state index < -0.39 is 18.4 Å². The number of nitrogen functional groups attached to an aromatic ring is 1. The number of benzene rings is 1. The number of nitrogens with zero attached hydrogens (tertiary/aromatic N) is 4. The lowest BCUT2D eigenvalue weighted by Crippen LogP contribution is -2.09. The number of hydrogen-bond donors (Lipinski definition) is 1. The Morgan fingerprint density at radius 1 is 1.19 bits per heavy atom. The van der Waals surface area contributed by atoms with Gasteiger partial charge in [-0.1, -0.05) is 0 Å². The number of halogens is 4. The van der Waals surface area contributed by atoms with E-state index in [2.05, 4.69) is 15.5 Å². The number of unbranched alkanes of at least 4 members (excludes halogenated alkanes) is 1. The smallest absolute Gasteiger partial charge is 0.389 e. The van der Waals surface area contributed by atoms with E-state index in [0.717, 1.165) is 0 Å². The van der Waals surface area contributed by atoms with Crippen molar-refractivity contribution in [1.82, 2.24) is 20.2 Å². The predicted molar refractivity (Wildman–Crippen MR) is 67.5 cm³/mol. The molecule has 5 nitrogen and oxygen atoms in total. The third-order valence-electron chi connectivity index (χ3n) is 2.84. The maximum absolute atomic E-state index is 13.7. The molecular formula is C12H13F4N5. The minimum Gasteiger partial charge on any atom is -0.399 e. The standard InChI is InChI=1S/C12H13F4N5/c13-10-4-3-8(17)7-9(10)11-18-19-20-21(11)6-2-1-5-12(14,15)16/h3-4,7H,1-2,5-6,17H2. The number of aryl methyl sites for hydroxylation is 1. The van der Waals surface area contributed by atoms with Gasteiger partial charge in [-0.15, -0.1) is 5.10 Å². The maximum Gasteiger partial charge on any atom is 0.389 e. The lowest BCUT2D eigenvalue weighted by molar-refractivity contribution is -0.135. The van der Waals surface area contributed by atoms with Gasteiger partial charge in [0.25, 0.3) is 0 Å². The number of hydrogen-bond acceptors (Lipinski definition) is 4. The zero-order valence-corrected chi connectivity index (χ0v) is 10.9. The molecule has 0 saturated carbocycles. The molecule has 0 saturated heterocycles. The molecule has 9 heteroatoms. The average Bonchev–Trinajstić information content (AvgIpc) is 2.85. The van der Waals surface area contributed by atoms with Crippen LogP contribution in [0.2, 0.25) is 0 Å². The van der Waals surface area contributed by atoms with Crippen LogP contribution in [0.15, 0.2) is 18.2 Å². The van der Waals surface area contributed by atoms with E-state index >= 15 is 0 Å².